The zero-order valence-corrected chi connectivity index (χ0v) is 11.8. The lowest BCUT2D eigenvalue weighted by Gasteiger charge is -2.04. The minimum Gasteiger partial charge on any atom is -0.457 e. The fraction of sp³-hybridized carbons (Fsp3) is 0.0588. The Morgan fingerprint density at radius 3 is 2.78 bits per heavy atom. The van der Waals surface area contributed by atoms with Gasteiger partial charge in [0, 0.05) is 18.0 Å². The van der Waals surface area contributed by atoms with E-state index >= 15 is 0 Å². The van der Waals surface area contributed by atoms with E-state index in [1.165, 1.54) is 0 Å². The lowest BCUT2D eigenvalue weighted by Crippen LogP contribution is -2.06. The predicted octanol–water partition coefficient (Wildman–Crippen LogP) is 3.45. The number of halogens is 2. The molecule has 3 rings (SSSR count). The highest BCUT2D eigenvalue weighted by Crippen LogP contribution is 2.19. The van der Waals surface area contributed by atoms with Gasteiger partial charge in [-0.2, -0.15) is 5.26 Å². The number of carbonyl (C=O) groups excluding carboxylic acids is 1. The Morgan fingerprint density at radius 2 is 2.04 bits per heavy atom. The van der Waals surface area contributed by atoms with E-state index in [0.717, 1.165) is 18.2 Å². The molecule has 0 saturated heterocycles. The van der Waals surface area contributed by atoms with Gasteiger partial charge in [0.05, 0.1) is 16.6 Å². The summed E-state index contributed by atoms with van der Waals surface area (Å²) in [7, 11) is 0. The first-order valence-electron chi connectivity index (χ1n) is 6.71. The third-order valence-corrected chi connectivity index (χ3v) is 3.39. The number of aromatic nitrogens is 1. The lowest BCUT2D eigenvalue weighted by molar-refractivity contribution is 0.0472. The van der Waals surface area contributed by atoms with Crippen LogP contribution < -0.4 is 0 Å². The first-order valence-corrected chi connectivity index (χ1v) is 6.71. The molecule has 0 aliphatic heterocycles. The van der Waals surface area contributed by atoms with Gasteiger partial charge in [-0.1, -0.05) is 6.07 Å². The fourth-order valence-corrected chi connectivity index (χ4v) is 2.27. The van der Waals surface area contributed by atoms with Crippen LogP contribution >= 0.6 is 0 Å². The molecule has 2 heterocycles. The molecule has 0 fully saturated rings. The molecular formula is C17H10F2N2O2. The van der Waals surface area contributed by atoms with E-state index in [9.17, 15) is 18.8 Å². The van der Waals surface area contributed by atoms with E-state index in [1.807, 2.05) is 6.07 Å². The van der Waals surface area contributed by atoms with E-state index in [1.54, 1.807) is 28.9 Å². The number of nitriles is 1. The molecule has 0 amide bonds. The van der Waals surface area contributed by atoms with Crippen LogP contribution in [0.1, 0.15) is 21.5 Å². The van der Waals surface area contributed by atoms with Crippen LogP contribution in [-0.2, 0) is 11.3 Å². The van der Waals surface area contributed by atoms with Gasteiger partial charge in [0.25, 0.3) is 0 Å². The number of hydrogen-bond donors (Lipinski definition) is 0. The number of nitrogens with zero attached hydrogens (tertiary/aromatic N) is 2. The summed E-state index contributed by atoms with van der Waals surface area (Å²) in [6, 6.07) is 10.2. The largest absolute Gasteiger partial charge is 0.457 e. The monoisotopic (exact) mass is 312 g/mol. The molecule has 6 heteroatoms. The van der Waals surface area contributed by atoms with Crippen LogP contribution in [-0.4, -0.2) is 10.4 Å². The van der Waals surface area contributed by atoms with Crippen LogP contribution in [0.2, 0.25) is 0 Å². The Labute approximate surface area is 130 Å². The average Bonchev–Trinajstić information content (AvgIpc) is 2.92. The highest BCUT2D eigenvalue weighted by Gasteiger charge is 2.14. The van der Waals surface area contributed by atoms with Crippen molar-refractivity contribution in [2.75, 3.05) is 0 Å². The van der Waals surface area contributed by atoms with Crippen molar-refractivity contribution >= 4 is 11.5 Å². The van der Waals surface area contributed by atoms with Crippen molar-refractivity contribution in [1.82, 2.24) is 4.40 Å². The molecular weight excluding hydrogens is 302 g/mol. The number of benzene rings is 1. The van der Waals surface area contributed by atoms with Crippen molar-refractivity contribution in [3.8, 4) is 6.07 Å². The SMILES string of the molecule is N#Cc1c(COC(=O)c2ccc(F)c(F)c2)cn2ccccc12. The van der Waals surface area contributed by atoms with E-state index in [2.05, 4.69) is 6.07 Å². The van der Waals surface area contributed by atoms with Crippen LogP contribution in [0.25, 0.3) is 5.52 Å². The molecule has 4 nitrogen and oxygen atoms in total. The van der Waals surface area contributed by atoms with Gasteiger partial charge in [0.1, 0.15) is 12.7 Å². The van der Waals surface area contributed by atoms with Gasteiger partial charge in [-0.25, -0.2) is 13.6 Å². The second-order valence-electron chi connectivity index (χ2n) is 4.84. The third-order valence-electron chi connectivity index (χ3n) is 3.39. The normalized spacial score (nSPS) is 10.5. The topological polar surface area (TPSA) is 54.5 Å². The lowest BCUT2D eigenvalue weighted by atomic mass is 10.2. The molecule has 23 heavy (non-hydrogen) atoms. The molecule has 0 N–H and O–H groups in total. The fourth-order valence-electron chi connectivity index (χ4n) is 2.27. The van der Waals surface area contributed by atoms with E-state index in [4.69, 9.17) is 4.74 Å². The molecule has 0 bridgehead atoms. The number of hydrogen-bond acceptors (Lipinski definition) is 3. The van der Waals surface area contributed by atoms with E-state index < -0.39 is 17.6 Å². The smallest absolute Gasteiger partial charge is 0.338 e. The summed E-state index contributed by atoms with van der Waals surface area (Å²) in [5.41, 5.74) is 1.55. The molecule has 2 aromatic heterocycles. The van der Waals surface area contributed by atoms with Gasteiger partial charge < -0.3 is 9.14 Å². The number of rotatable bonds is 3. The van der Waals surface area contributed by atoms with Crippen LogP contribution in [0.5, 0.6) is 0 Å². The highest BCUT2D eigenvalue weighted by molar-refractivity contribution is 5.89. The number of ether oxygens (including phenoxy) is 1. The first kappa shape index (κ1) is 14.7. The molecule has 0 aliphatic carbocycles. The van der Waals surface area contributed by atoms with Gasteiger partial charge in [0.15, 0.2) is 11.6 Å². The Balaban J connectivity index is 1.82. The maximum absolute atomic E-state index is 13.1. The molecule has 0 saturated carbocycles. The maximum atomic E-state index is 13.1. The molecule has 3 aromatic rings. The van der Waals surface area contributed by atoms with E-state index in [0.29, 0.717) is 16.6 Å². The molecule has 0 spiro atoms. The van der Waals surface area contributed by atoms with Crippen LogP contribution in [0.15, 0.2) is 48.8 Å². The summed E-state index contributed by atoms with van der Waals surface area (Å²) in [5.74, 6) is -2.94. The van der Waals surface area contributed by atoms with Gasteiger partial charge in [0.2, 0.25) is 0 Å². The van der Waals surface area contributed by atoms with Crippen LogP contribution in [0.4, 0.5) is 8.78 Å². The van der Waals surface area contributed by atoms with Crippen LogP contribution in [0, 0.1) is 23.0 Å². The predicted molar refractivity (Wildman–Crippen MR) is 77.6 cm³/mol. The molecule has 1 aromatic carbocycles. The van der Waals surface area contributed by atoms with Crippen molar-refractivity contribution in [3.05, 3.63) is 77.1 Å². The maximum Gasteiger partial charge on any atom is 0.338 e. The van der Waals surface area contributed by atoms with Crippen molar-refractivity contribution in [1.29, 1.82) is 5.26 Å². The molecule has 0 aliphatic rings. The Kier molecular flexibility index (Phi) is 3.77. The minimum absolute atomic E-state index is 0.0915. The first-order chi connectivity index (χ1) is 11.1. The van der Waals surface area contributed by atoms with Crippen LogP contribution in [0.3, 0.4) is 0 Å². The van der Waals surface area contributed by atoms with E-state index in [-0.39, 0.29) is 12.2 Å². The molecule has 0 radical (unpaired) electrons. The zero-order chi connectivity index (χ0) is 16.4. The summed E-state index contributed by atoms with van der Waals surface area (Å²) in [6.07, 6.45) is 3.46. The number of pyridine rings is 1. The Bertz CT molecular complexity index is 941. The summed E-state index contributed by atoms with van der Waals surface area (Å²) in [4.78, 5) is 11.9. The number of esters is 1. The standard InChI is InChI=1S/C17H10F2N2O2/c18-14-5-4-11(7-15(14)19)17(22)23-10-12-9-21-6-2-1-3-16(21)13(12)8-20/h1-7,9H,10H2. The second kappa shape index (κ2) is 5.89. The van der Waals surface area contributed by atoms with Gasteiger partial charge >= 0.3 is 5.97 Å². The Morgan fingerprint density at radius 1 is 1.22 bits per heavy atom. The van der Waals surface area contributed by atoms with Crippen molar-refractivity contribution in [3.63, 3.8) is 0 Å². The number of carbonyl (C=O) groups is 1. The van der Waals surface area contributed by atoms with Crippen molar-refractivity contribution < 1.29 is 18.3 Å². The molecule has 0 unspecified atom stereocenters. The summed E-state index contributed by atoms with van der Waals surface area (Å²) in [6.45, 7) is -0.137. The average molecular weight is 312 g/mol. The van der Waals surface area contributed by atoms with Crippen molar-refractivity contribution in [2.45, 2.75) is 6.61 Å². The summed E-state index contributed by atoms with van der Waals surface area (Å²) in [5, 5.41) is 9.26. The van der Waals surface area contributed by atoms with Crippen molar-refractivity contribution in [2.24, 2.45) is 0 Å². The Hall–Kier alpha value is -3.20. The van der Waals surface area contributed by atoms with Gasteiger partial charge in [-0.15, -0.1) is 0 Å². The third kappa shape index (κ3) is 2.77. The summed E-state index contributed by atoms with van der Waals surface area (Å²) >= 11 is 0. The molecule has 0 atom stereocenters. The highest BCUT2D eigenvalue weighted by atomic mass is 19.2. The quantitative estimate of drug-likeness (QED) is 0.696. The number of fused-ring (bicyclic) bond motifs is 1. The minimum atomic E-state index is -1.12. The zero-order valence-electron chi connectivity index (χ0n) is 11.8. The van der Waals surface area contributed by atoms with Gasteiger partial charge in [-0.3, -0.25) is 0 Å². The summed E-state index contributed by atoms with van der Waals surface area (Å²) < 4.78 is 32.8. The molecule has 114 valence electrons. The van der Waals surface area contributed by atoms with Gasteiger partial charge in [-0.05, 0) is 30.3 Å². The second-order valence-corrected chi connectivity index (χ2v) is 4.84.